The highest BCUT2D eigenvalue weighted by atomic mass is 16.2. The average Bonchev–Trinajstić information content (AvgIpc) is 3.26. The zero-order valence-corrected chi connectivity index (χ0v) is 17.4. The van der Waals surface area contributed by atoms with Crippen LogP contribution < -0.4 is 10.6 Å². The highest BCUT2D eigenvalue weighted by Gasteiger charge is 2.26. The summed E-state index contributed by atoms with van der Waals surface area (Å²) in [6, 6.07) is 16.9. The molecule has 1 saturated carbocycles. The van der Waals surface area contributed by atoms with Gasteiger partial charge in [0.05, 0.1) is 0 Å². The van der Waals surface area contributed by atoms with Gasteiger partial charge < -0.3 is 10.6 Å². The van der Waals surface area contributed by atoms with Gasteiger partial charge in [-0.3, -0.25) is 14.5 Å². The second-order valence-electron chi connectivity index (χ2n) is 7.56. The standard InChI is InChI=1S/C24H31N3O2/c1-3-27(4-2)22(18-10-6-5-7-11-18)24(29)26-21-16-14-19(15-17-21)23(28)25-20-12-8-9-13-20/h5-7,10-11,14-17,20,22H,3-4,8-9,12-13H2,1-2H3,(H,25,28)(H,26,29). The van der Waals surface area contributed by atoms with Gasteiger partial charge in [0.25, 0.3) is 5.91 Å². The Labute approximate surface area is 173 Å². The molecule has 0 aromatic heterocycles. The molecular weight excluding hydrogens is 362 g/mol. The van der Waals surface area contributed by atoms with Gasteiger partial charge >= 0.3 is 0 Å². The molecule has 29 heavy (non-hydrogen) atoms. The van der Waals surface area contributed by atoms with Crippen LogP contribution in [0.5, 0.6) is 0 Å². The van der Waals surface area contributed by atoms with Crippen LogP contribution >= 0.6 is 0 Å². The molecule has 1 atom stereocenters. The van der Waals surface area contributed by atoms with E-state index in [0.29, 0.717) is 17.3 Å². The highest BCUT2D eigenvalue weighted by Crippen LogP contribution is 2.23. The minimum atomic E-state index is -0.350. The zero-order chi connectivity index (χ0) is 20.6. The van der Waals surface area contributed by atoms with E-state index in [1.165, 1.54) is 12.8 Å². The molecule has 0 heterocycles. The number of amides is 2. The summed E-state index contributed by atoms with van der Waals surface area (Å²) in [4.78, 5) is 27.6. The number of carbonyl (C=O) groups is 2. The van der Waals surface area contributed by atoms with Crippen LogP contribution in [-0.2, 0) is 4.79 Å². The fraction of sp³-hybridized carbons (Fsp3) is 0.417. The van der Waals surface area contributed by atoms with Gasteiger partial charge in [0.2, 0.25) is 5.91 Å². The third-order valence-corrected chi connectivity index (χ3v) is 5.65. The molecule has 154 valence electrons. The van der Waals surface area contributed by atoms with Gasteiger partial charge in [0.1, 0.15) is 6.04 Å². The van der Waals surface area contributed by atoms with E-state index in [0.717, 1.165) is 31.5 Å². The van der Waals surface area contributed by atoms with Gasteiger partial charge in [-0.2, -0.15) is 0 Å². The molecule has 5 heteroatoms. The van der Waals surface area contributed by atoms with E-state index in [1.807, 2.05) is 30.3 Å². The molecule has 1 fully saturated rings. The molecule has 1 aliphatic rings. The van der Waals surface area contributed by atoms with Crippen molar-refractivity contribution in [2.75, 3.05) is 18.4 Å². The molecule has 2 N–H and O–H groups in total. The van der Waals surface area contributed by atoms with Crippen LogP contribution in [0.25, 0.3) is 0 Å². The molecule has 1 aliphatic carbocycles. The van der Waals surface area contributed by atoms with Crippen LogP contribution in [0, 0.1) is 0 Å². The van der Waals surface area contributed by atoms with Crippen molar-refractivity contribution in [3.63, 3.8) is 0 Å². The molecule has 2 aromatic rings. The topological polar surface area (TPSA) is 61.4 Å². The summed E-state index contributed by atoms with van der Waals surface area (Å²) >= 11 is 0. The maximum Gasteiger partial charge on any atom is 0.251 e. The Morgan fingerprint density at radius 2 is 1.59 bits per heavy atom. The van der Waals surface area contributed by atoms with Crippen molar-refractivity contribution in [2.24, 2.45) is 0 Å². The first kappa shape index (κ1) is 21.1. The lowest BCUT2D eigenvalue weighted by molar-refractivity contribution is -0.121. The summed E-state index contributed by atoms with van der Waals surface area (Å²) in [7, 11) is 0. The zero-order valence-electron chi connectivity index (χ0n) is 17.4. The summed E-state index contributed by atoms with van der Waals surface area (Å²) in [6.07, 6.45) is 4.49. The minimum Gasteiger partial charge on any atom is -0.349 e. The Bertz CT molecular complexity index is 795. The molecule has 5 nitrogen and oxygen atoms in total. The summed E-state index contributed by atoms with van der Waals surface area (Å²) in [5.74, 6) is -0.108. The second kappa shape index (κ2) is 10.2. The Hall–Kier alpha value is -2.66. The highest BCUT2D eigenvalue weighted by molar-refractivity contribution is 5.97. The lowest BCUT2D eigenvalue weighted by Gasteiger charge is -2.29. The van der Waals surface area contributed by atoms with Crippen LogP contribution in [0.3, 0.4) is 0 Å². The predicted molar refractivity (Wildman–Crippen MR) is 117 cm³/mol. The Balaban J connectivity index is 1.68. The molecule has 0 spiro atoms. The van der Waals surface area contributed by atoms with Crippen LogP contribution in [0.4, 0.5) is 5.69 Å². The van der Waals surface area contributed by atoms with Crippen LogP contribution in [0.1, 0.15) is 61.5 Å². The van der Waals surface area contributed by atoms with Gasteiger partial charge in [0, 0.05) is 17.3 Å². The first-order valence-corrected chi connectivity index (χ1v) is 10.6. The quantitative estimate of drug-likeness (QED) is 0.700. The first-order chi connectivity index (χ1) is 14.1. The van der Waals surface area contributed by atoms with Gasteiger partial charge in [0.15, 0.2) is 0 Å². The third-order valence-electron chi connectivity index (χ3n) is 5.65. The number of hydrogen-bond donors (Lipinski definition) is 2. The van der Waals surface area contributed by atoms with E-state index in [4.69, 9.17) is 0 Å². The number of carbonyl (C=O) groups excluding carboxylic acids is 2. The van der Waals surface area contributed by atoms with Crippen molar-refractivity contribution in [2.45, 2.75) is 51.6 Å². The molecular formula is C24H31N3O2. The first-order valence-electron chi connectivity index (χ1n) is 10.6. The largest absolute Gasteiger partial charge is 0.349 e. The number of nitrogens with one attached hydrogen (secondary N) is 2. The van der Waals surface area contributed by atoms with Crippen molar-refractivity contribution >= 4 is 17.5 Å². The van der Waals surface area contributed by atoms with Gasteiger partial charge in [-0.25, -0.2) is 0 Å². The van der Waals surface area contributed by atoms with E-state index >= 15 is 0 Å². The number of hydrogen-bond acceptors (Lipinski definition) is 3. The van der Waals surface area contributed by atoms with Crippen LogP contribution in [0.15, 0.2) is 54.6 Å². The molecule has 0 aliphatic heterocycles. The molecule has 2 amide bonds. The van der Waals surface area contributed by atoms with Crippen LogP contribution in [0.2, 0.25) is 0 Å². The van der Waals surface area contributed by atoms with Crippen molar-refractivity contribution in [3.8, 4) is 0 Å². The Morgan fingerprint density at radius 1 is 0.966 bits per heavy atom. The molecule has 0 saturated heterocycles. The molecule has 2 aromatic carbocycles. The lowest BCUT2D eigenvalue weighted by Crippen LogP contribution is -2.37. The Morgan fingerprint density at radius 3 is 2.17 bits per heavy atom. The van der Waals surface area contributed by atoms with E-state index < -0.39 is 0 Å². The number of likely N-dealkylation sites (N-methyl/N-ethyl adjacent to an activating group) is 1. The van der Waals surface area contributed by atoms with E-state index in [-0.39, 0.29) is 17.9 Å². The third kappa shape index (κ3) is 5.45. The minimum absolute atomic E-state index is 0.0416. The normalized spacial score (nSPS) is 15.3. The number of anilines is 1. The molecule has 1 unspecified atom stereocenters. The summed E-state index contributed by atoms with van der Waals surface area (Å²) < 4.78 is 0. The molecule has 0 radical (unpaired) electrons. The monoisotopic (exact) mass is 393 g/mol. The fourth-order valence-corrected chi connectivity index (χ4v) is 4.01. The average molecular weight is 394 g/mol. The summed E-state index contributed by atoms with van der Waals surface area (Å²) in [6.45, 7) is 5.68. The van der Waals surface area contributed by atoms with Gasteiger partial charge in [-0.1, -0.05) is 57.0 Å². The maximum atomic E-state index is 13.1. The van der Waals surface area contributed by atoms with Gasteiger partial charge in [-0.05, 0) is 55.8 Å². The van der Waals surface area contributed by atoms with Crippen molar-refractivity contribution < 1.29 is 9.59 Å². The Kier molecular flexibility index (Phi) is 7.42. The van der Waals surface area contributed by atoms with E-state index in [9.17, 15) is 9.59 Å². The fourth-order valence-electron chi connectivity index (χ4n) is 4.01. The summed E-state index contributed by atoms with van der Waals surface area (Å²) in [5, 5.41) is 6.11. The van der Waals surface area contributed by atoms with Crippen molar-refractivity contribution in [3.05, 3.63) is 65.7 Å². The second-order valence-corrected chi connectivity index (χ2v) is 7.56. The van der Waals surface area contributed by atoms with Crippen molar-refractivity contribution in [1.82, 2.24) is 10.2 Å². The molecule has 0 bridgehead atoms. The summed E-state index contributed by atoms with van der Waals surface area (Å²) in [5.41, 5.74) is 2.29. The predicted octanol–water partition coefficient (Wildman–Crippen LogP) is 4.38. The number of nitrogens with zero attached hydrogens (tertiary/aromatic N) is 1. The smallest absolute Gasteiger partial charge is 0.251 e. The van der Waals surface area contributed by atoms with Crippen molar-refractivity contribution in [1.29, 1.82) is 0 Å². The van der Waals surface area contributed by atoms with Crippen LogP contribution in [-0.4, -0.2) is 35.8 Å². The maximum absolute atomic E-state index is 13.1. The van der Waals surface area contributed by atoms with Gasteiger partial charge in [-0.15, -0.1) is 0 Å². The van der Waals surface area contributed by atoms with E-state index in [2.05, 4.69) is 29.4 Å². The molecule has 3 rings (SSSR count). The SMILES string of the molecule is CCN(CC)C(C(=O)Nc1ccc(C(=O)NC2CCCC2)cc1)c1ccccc1. The van der Waals surface area contributed by atoms with E-state index in [1.54, 1.807) is 24.3 Å². The number of benzene rings is 2. The lowest BCUT2D eigenvalue weighted by atomic mass is 10.0. The number of rotatable bonds is 8.